The van der Waals surface area contributed by atoms with Gasteiger partial charge in [-0.05, 0) is 43.8 Å². The van der Waals surface area contributed by atoms with Gasteiger partial charge in [0.05, 0.1) is 0 Å². The van der Waals surface area contributed by atoms with Gasteiger partial charge in [0.2, 0.25) is 0 Å². The molecule has 0 amide bonds. The molecule has 1 aromatic heterocycles. The maximum Gasteiger partial charge on any atom is 0.132 e. The third-order valence-corrected chi connectivity index (χ3v) is 2.94. The highest BCUT2D eigenvalue weighted by Gasteiger charge is 2.10. The van der Waals surface area contributed by atoms with Crippen molar-refractivity contribution in [1.82, 2.24) is 10.3 Å². The summed E-state index contributed by atoms with van der Waals surface area (Å²) in [6.45, 7) is 2.73. The normalized spacial score (nSPS) is 10.8. The van der Waals surface area contributed by atoms with Crippen LogP contribution in [0.5, 0.6) is 0 Å². The first-order chi connectivity index (χ1) is 8.11. The molecule has 0 fully saturated rings. The quantitative estimate of drug-likeness (QED) is 0.860. The zero-order chi connectivity index (χ0) is 12.4. The third kappa shape index (κ3) is 2.51. The molecule has 2 aromatic rings. The summed E-state index contributed by atoms with van der Waals surface area (Å²) in [5.74, 6) is -0.272. The maximum absolute atomic E-state index is 13.7. The lowest BCUT2D eigenvalue weighted by atomic mass is 10.1. The molecule has 0 saturated heterocycles. The predicted octanol–water partition coefficient (Wildman–Crippen LogP) is 3.50. The van der Waals surface area contributed by atoms with E-state index in [1.807, 2.05) is 20.0 Å². The number of nitrogens with one attached hydrogen (secondary N) is 2. The molecule has 1 aromatic carbocycles. The van der Waals surface area contributed by atoms with Crippen molar-refractivity contribution in [3.05, 3.63) is 46.4 Å². The fraction of sp³-hybridized carbons (Fsp3) is 0.231. The van der Waals surface area contributed by atoms with E-state index < -0.39 is 0 Å². The minimum Gasteiger partial charge on any atom is -0.358 e. The molecule has 2 N–H and O–H groups in total. The Morgan fingerprint density at radius 1 is 1.35 bits per heavy atom. The summed E-state index contributed by atoms with van der Waals surface area (Å²) in [7, 11) is 1.88. The van der Waals surface area contributed by atoms with Crippen molar-refractivity contribution in [2.75, 3.05) is 7.05 Å². The van der Waals surface area contributed by atoms with Crippen LogP contribution in [0.25, 0.3) is 11.3 Å². The number of aromatic nitrogens is 1. The summed E-state index contributed by atoms with van der Waals surface area (Å²) in [4.78, 5) is 3.18. The van der Waals surface area contributed by atoms with Gasteiger partial charge >= 0.3 is 0 Å². The lowest BCUT2D eigenvalue weighted by Gasteiger charge is -2.00. The van der Waals surface area contributed by atoms with Gasteiger partial charge in [-0.15, -0.1) is 0 Å². The van der Waals surface area contributed by atoms with Gasteiger partial charge in [-0.1, -0.05) is 11.6 Å². The third-order valence-electron chi connectivity index (χ3n) is 2.71. The molecule has 0 aliphatic heterocycles. The van der Waals surface area contributed by atoms with E-state index in [0.29, 0.717) is 10.6 Å². The SMILES string of the molecule is CNCc1cc(-c2cc(Cl)ccc2F)[nH]c1C. The first-order valence-electron chi connectivity index (χ1n) is 5.40. The van der Waals surface area contributed by atoms with Crippen molar-refractivity contribution in [3.63, 3.8) is 0 Å². The Morgan fingerprint density at radius 3 is 2.82 bits per heavy atom. The van der Waals surface area contributed by atoms with Crippen LogP contribution in [0.1, 0.15) is 11.3 Å². The largest absolute Gasteiger partial charge is 0.358 e. The van der Waals surface area contributed by atoms with Crippen molar-refractivity contribution in [2.24, 2.45) is 0 Å². The standard InChI is InChI=1S/C13H14ClFN2/c1-8-9(7-16-2)5-13(17-8)11-6-10(14)3-4-12(11)15/h3-6,16-17H,7H2,1-2H3. The Morgan fingerprint density at radius 2 is 2.12 bits per heavy atom. The van der Waals surface area contributed by atoms with E-state index in [1.165, 1.54) is 6.07 Å². The van der Waals surface area contributed by atoms with Crippen LogP contribution in [-0.2, 0) is 6.54 Å². The van der Waals surface area contributed by atoms with Gasteiger partial charge in [0.15, 0.2) is 0 Å². The van der Waals surface area contributed by atoms with Gasteiger partial charge in [-0.2, -0.15) is 0 Å². The Kier molecular flexibility index (Phi) is 3.50. The monoisotopic (exact) mass is 252 g/mol. The number of hydrogen-bond acceptors (Lipinski definition) is 1. The summed E-state index contributed by atoms with van der Waals surface area (Å²) in [5.41, 5.74) is 3.42. The molecule has 0 radical (unpaired) electrons. The lowest BCUT2D eigenvalue weighted by molar-refractivity contribution is 0.631. The lowest BCUT2D eigenvalue weighted by Crippen LogP contribution is -2.04. The van der Waals surface area contributed by atoms with Crippen molar-refractivity contribution >= 4 is 11.6 Å². The minimum absolute atomic E-state index is 0.272. The number of rotatable bonds is 3. The summed E-state index contributed by atoms with van der Waals surface area (Å²) in [6.07, 6.45) is 0. The summed E-state index contributed by atoms with van der Waals surface area (Å²) >= 11 is 5.88. The second kappa shape index (κ2) is 4.90. The number of benzene rings is 1. The average molecular weight is 253 g/mol. The average Bonchev–Trinajstić information content (AvgIpc) is 2.64. The number of aromatic amines is 1. The van der Waals surface area contributed by atoms with Gasteiger partial charge in [-0.3, -0.25) is 0 Å². The highest BCUT2D eigenvalue weighted by molar-refractivity contribution is 6.30. The van der Waals surface area contributed by atoms with Gasteiger partial charge in [-0.25, -0.2) is 4.39 Å². The van der Waals surface area contributed by atoms with Gasteiger partial charge < -0.3 is 10.3 Å². The summed E-state index contributed by atoms with van der Waals surface area (Å²) in [5, 5.41) is 3.61. The highest BCUT2D eigenvalue weighted by Crippen LogP contribution is 2.27. The molecule has 0 atom stereocenters. The van der Waals surface area contributed by atoms with E-state index in [1.54, 1.807) is 12.1 Å². The number of aryl methyl sites for hydroxylation is 1. The minimum atomic E-state index is -0.272. The molecule has 0 saturated carbocycles. The molecule has 0 spiro atoms. The van der Waals surface area contributed by atoms with Gasteiger partial charge in [0.25, 0.3) is 0 Å². The predicted molar refractivity (Wildman–Crippen MR) is 68.7 cm³/mol. The number of halogens is 2. The smallest absolute Gasteiger partial charge is 0.132 e. The van der Waals surface area contributed by atoms with E-state index in [2.05, 4.69) is 10.3 Å². The van der Waals surface area contributed by atoms with E-state index in [9.17, 15) is 4.39 Å². The molecule has 2 nitrogen and oxygen atoms in total. The van der Waals surface area contributed by atoms with Crippen LogP contribution in [0.4, 0.5) is 4.39 Å². The van der Waals surface area contributed by atoms with Gasteiger partial charge in [0.1, 0.15) is 5.82 Å². The van der Waals surface area contributed by atoms with Crippen LogP contribution in [0.3, 0.4) is 0 Å². The molecular weight excluding hydrogens is 239 g/mol. The summed E-state index contributed by atoms with van der Waals surface area (Å²) in [6, 6.07) is 6.50. The van der Waals surface area contributed by atoms with Crippen LogP contribution < -0.4 is 5.32 Å². The number of hydrogen-bond donors (Lipinski definition) is 2. The first-order valence-corrected chi connectivity index (χ1v) is 5.78. The van der Waals surface area contributed by atoms with E-state index in [-0.39, 0.29) is 5.82 Å². The molecule has 2 rings (SSSR count). The molecule has 0 aliphatic rings. The fourth-order valence-corrected chi connectivity index (χ4v) is 2.00. The first kappa shape index (κ1) is 12.1. The zero-order valence-corrected chi connectivity index (χ0v) is 10.5. The van der Waals surface area contributed by atoms with Gasteiger partial charge in [0, 0.05) is 28.5 Å². The van der Waals surface area contributed by atoms with Crippen LogP contribution in [-0.4, -0.2) is 12.0 Å². The van der Waals surface area contributed by atoms with E-state index >= 15 is 0 Å². The number of H-pyrrole nitrogens is 1. The Labute approximate surface area is 105 Å². The van der Waals surface area contributed by atoms with E-state index in [4.69, 9.17) is 11.6 Å². The molecule has 17 heavy (non-hydrogen) atoms. The molecule has 4 heteroatoms. The van der Waals surface area contributed by atoms with E-state index in [0.717, 1.165) is 23.5 Å². The zero-order valence-electron chi connectivity index (χ0n) is 9.77. The molecular formula is C13H14ClFN2. The van der Waals surface area contributed by atoms with Crippen LogP contribution >= 0.6 is 11.6 Å². The van der Waals surface area contributed by atoms with Crippen molar-refractivity contribution in [1.29, 1.82) is 0 Å². The van der Waals surface area contributed by atoms with Crippen LogP contribution in [0.15, 0.2) is 24.3 Å². The molecule has 0 bridgehead atoms. The molecule has 90 valence electrons. The van der Waals surface area contributed by atoms with Crippen molar-refractivity contribution < 1.29 is 4.39 Å². The van der Waals surface area contributed by atoms with Crippen molar-refractivity contribution in [3.8, 4) is 11.3 Å². The second-order valence-electron chi connectivity index (χ2n) is 3.99. The van der Waals surface area contributed by atoms with Crippen LogP contribution in [0.2, 0.25) is 5.02 Å². The topological polar surface area (TPSA) is 27.8 Å². The Bertz CT molecular complexity index is 534. The summed E-state index contributed by atoms with van der Waals surface area (Å²) < 4.78 is 13.7. The molecule has 0 aliphatic carbocycles. The Hall–Kier alpha value is -1.32. The molecule has 0 unspecified atom stereocenters. The fourth-order valence-electron chi connectivity index (χ4n) is 1.82. The van der Waals surface area contributed by atoms with Crippen LogP contribution in [0, 0.1) is 12.7 Å². The maximum atomic E-state index is 13.7. The Balaban J connectivity index is 2.45. The second-order valence-corrected chi connectivity index (χ2v) is 4.42. The highest BCUT2D eigenvalue weighted by atomic mass is 35.5. The van der Waals surface area contributed by atoms with Crippen molar-refractivity contribution in [2.45, 2.75) is 13.5 Å². The molecule has 1 heterocycles.